The molecule has 0 unspecified atom stereocenters. The van der Waals surface area contributed by atoms with Crippen LogP contribution < -0.4 is 15.4 Å². The zero-order chi connectivity index (χ0) is 23.4. The van der Waals surface area contributed by atoms with Crippen molar-refractivity contribution in [3.05, 3.63) is 59.7 Å². The quantitative estimate of drug-likeness (QED) is 0.600. The van der Waals surface area contributed by atoms with Gasteiger partial charge in [-0.05, 0) is 76.4 Å². The van der Waals surface area contributed by atoms with Crippen molar-refractivity contribution in [2.45, 2.75) is 58.7 Å². The number of hydrogen-bond donors (Lipinski definition) is 2. The Labute approximate surface area is 194 Å². The summed E-state index contributed by atoms with van der Waals surface area (Å²) >= 11 is 0. The van der Waals surface area contributed by atoms with Crippen LogP contribution in [0.15, 0.2) is 42.9 Å². The molecular formula is C25H32N6O2. The molecule has 2 aromatic heterocycles. The number of piperidine rings is 1. The highest BCUT2D eigenvalue weighted by molar-refractivity contribution is 5.91. The topological polar surface area (TPSA) is 94.0 Å². The molecule has 1 aliphatic heterocycles. The molecule has 0 atom stereocenters. The maximum atomic E-state index is 12.5. The first-order valence-electron chi connectivity index (χ1n) is 11.4. The molecule has 4 rings (SSSR count). The van der Waals surface area contributed by atoms with Crippen LogP contribution in [-0.2, 0) is 12.1 Å². The smallest absolute Gasteiger partial charge is 0.273 e. The highest BCUT2D eigenvalue weighted by Gasteiger charge is 2.19. The number of pyridine rings is 1. The second kappa shape index (κ2) is 9.70. The SMILES string of the molecule is Cc1cc(-c2ccncc2OC2CCNCC2)ccc1CNC(=O)c1cn(C(C)(C)C)nn1. The first-order valence-corrected chi connectivity index (χ1v) is 11.4. The summed E-state index contributed by atoms with van der Waals surface area (Å²) in [7, 11) is 0. The minimum Gasteiger partial charge on any atom is -0.488 e. The lowest BCUT2D eigenvalue weighted by Crippen LogP contribution is -2.34. The number of ether oxygens (including phenoxy) is 1. The third kappa shape index (κ3) is 5.57. The number of nitrogens with zero attached hydrogens (tertiary/aromatic N) is 4. The minimum absolute atomic E-state index is 0.209. The number of aryl methyl sites for hydroxylation is 1. The van der Waals surface area contributed by atoms with Crippen molar-refractivity contribution in [2.75, 3.05) is 13.1 Å². The summed E-state index contributed by atoms with van der Waals surface area (Å²) in [5.41, 5.74) is 4.33. The van der Waals surface area contributed by atoms with Gasteiger partial charge in [0.1, 0.15) is 11.9 Å². The molecule has 2 N–H and O–H groups in total. The normalized spacial score (nSPS) is 14.8. The van der Waals surface area contributed by atoms with E-state index in [0.29, 0.717) is 12.2 Å². The zero-order valence-electron chi connectivity index (χ0n) is 19.8. The predicted octanol–water partition coefficient (Wildman–Crippen LogP) is 3.46. The van der Waals surface area contributed by atoms with E-state index in [1.165, 1.54) is 0 Å². The molecule has 1 amide bonds. The Bertz CT molecular complexity index is 1110. The van der Waals surface area contributed by atoms with Crippen LogP contribution in [0, 0.1) is 6.92 Å². The molecule has 174 valence electrons. The fourth-order valence-corrected chi connectivity index (χ4v) is 3.83. The van der Waals surface area contributed by atoms with Crippen LogP contribution >= 0.6 is 0 Å². The zero-order valence-corrected chi connectivity index (χ0v) is 19.8. The molecule has 0 saturated carbocycles. The predicted molar refractivity (Wildman–Crippen MR) is 127 cm³/mol. The molecular weight excluding hydrogens is 416 g/mol. The van der Waals surface area contributed by atoms with Crippen LogP contribution in [0.25, 0.3) is 11.1 Å². The third-order valence-electron chi connectivity index (χ3n) is 5.87. The lowest BCUT2D eigenvalue weighted by Gasteiger charge is -2.25. The average molecular weight is 449 g/mol. The second-order valence-corrected chi connectivity index (χ2v) is 9.48. The van der Waals surface area contributed by atoms with Crippen LogP contribution in [0.5, 0.6) is 5.75 Å². The van der Waals surface area contributed by atoms with Crippen molar-refractivity contribution in [3.63, 3.8) is 0 Å². The van der Waals surface area contributed by atoms with E-state index in [1.54, 1.807) is 23.3 Å². The molecule has 8 nitrogen and oxygen atoms in total. The van der Waals surface area contributed by atoms with Gasteiger partial charge in [-0.2, -0.15) is 0 Å². The van der Waals surface area contributed by atoms with Crippen LogP contribution in [-0.4, -0.2) is 45.1 Å². The largest absolute Gasteiger partial charge is 0.488 e. The monoisotopic (exact) mass is 448 g/mol. The summed E-state index contributed by atoms with van der Waals surface area (Å²) < 4.78 is 7.98. The minimum atomic E-state index is -0.235. The summed E-state index contributed by atoms with van der Waals surface area (Å²) in [6, 6.07) is 8.23. The van der Waals surface area contributed by atoms with Gasteiger partial charge < -0.3 is 15.4 Å². The number of amides is 1. The van der Waals surface area contributed by atoms with E-state index in [9.17, 15) is 4.79 Å². The van der Waals surface area contributed by atoms with Crippen LogP contribution in [0.4, 0.5) is 0 Å². The standard InChI is InChI=1S/C25H32N6O2/c1-17-13-18(21-9-12-27-15-23(21)33-20-7-10-26-11-8-20)5-6-19(17)14-28-24(32)22-16-31(30-29-22)25(2,3)4/h5-6,9,12-13,15-16,20,26H,7-8,10-11,14H2,1-4H3,(H,28,32). The van der Waals surface area contributed by atoms with Gasteiger partial charge in [0, 0.05) is 18.3 Å². The summed E-state index contributed by atoms with van der Waals surface area (Å²) in [6.45, 7) is 10.5. The highest BCUT2D eigenvalue weighted by atomic mass is 16.5. The van der Waals surface area contributed by atoms with Gasteiger partial charge in [0.2, 0.25) is 0 Å². The fourth-order valence-electron chi connectivity index (χ4n) is 3.83. The molecule has 0 aliphatic carbocycles. The van der Waals surface area contributed by atoms with Crippen molar-refractivity contribution in [3.8, 4) is 16.9 Å². The number of carbonyl (C=O) groups is 1. The lowest BCUT2D eigenvalue weighted by atomic mass is 9.99. The van der Waals surface area contributed by atoms with Gasteiger partial charge in [0.05, 0.1) is 17.9 Å². The van der Waals surface area contributed by atoms with E-state index < -0.39 is 0 Å². The van der Waals surface area contributed by atoms with Crippen molar-refractivity contribution in [2.24, 2.45) is 0 Å². The van der Waals surface area contributed by atoms with Crippen LogP contribution in [0.1, 0.15) is 55.2 Å². The van der Waals surface area contributed by atoms with E-state index in [0.717, 1.165) is 53.9 Å². The summed E-state index contributed by atoms with van der Waals surface area (Å²) in [4.78, 5) is 16.8. The number of hydrogen-bond acceptors (Lipinski definition) is 6. The van der Waals surface area contributed by atoms with Gasteiger partial charge in [-0.1, -0.05) is 23.4 Å². The lowest BCUT2D eigenvalue weighted by molar-refractivity contribution is 0.0945. The van der Waals surface area contributed by atoms with Crippen molar-refractivity contribution < 1.29 is 9.53 Å². The first-order chi connectivity index (χ1) is 15.8. The number of nitrogens with one attached hydrogen (secondary N) is 2. The number of aromatic nitrogens is 4. The van der Waals surface area contributed by atoms with E-state index in [2.05, 4.69) is 45.0 Å². The Kier molecular flexibility index (Phi) is 6.74. The van der Waals surface area contributed by atoms with Gasteiger partial charge in [-0.25, -0.2) is 4.68 Å². The van der Waals surface area contributed by atoms with Crippen LogP contribution in [0.2, 0.25) is 0 Å². The van der Waals surface area contributed by atoms with Crippen LogP contribution in [0.3, 0.4) is 0 Å². The first kappa shape index (κ1) is 22.9. The van der Waals surface area contributed by atoms with E-state index in [4.69, 9.17) is 4.74 Å². The molecule has 1 aliphatic rings. The average Bonchev–Trinajstić information content (AvgIpc) is 3.30. The highest BCUT2D eigenvalue weighted by Crippen LogP contribution is 2.32. The Balaban J connectivity index is 1.44. The Morgan fingerprint density at radius 3 is 2.73 bits per heavy atom. The molecule has 3 aromatic rings. The van der Waals surface area contributed by atoms with Gasteiger partial charge in [-0.3, -0.25) is 9.78 Å². The second-order valence-electron chi connectivity index (χ2n) is 9.48. The Morgan fingerprint density at radius 1 is 1.24 bits per heavy atom. The third-order valence-corrected chi connectivity index (χ3v) is 5.87. The molecule has 1 fully saturated rings. The number of rotatable bonds is 6. The Hall–Kier alpha value is -3.26. The van der Waals surface area contributed by atoms with E-state index in [1.807, 2.05) is 32.9 Å². The van der Waals surface area contributed by atoms with Gasteiger partial charge >= 0.3 is 0 Å². The summed E-state index contributed by atoms with van der Waals surface area (Å²) in [5, 5.41) is 14.4. The summed E-state index contributed by atoms with van der Waals surface area (Å²) in [5.74, 6) is 0.576. The molecule has 8 heteroatoms. The van der Waals surface area contributed by atoms with Crippen molar-refractivity contribution >= 4 is 5.91 Å². The fraction of sp³-hybridized carbons (Fsp3) is 0.440. The van der Waals surface area contributed by atoms with Crippen molar-refractivity contribution in [1.29, 1.82) is 0 Å². The van der Waals surface area contributed by atoms with Gasteiger partial charge in [-0.15, -0.1) is 5.10 Å². The van der Waals surface area contributed by atoms with Crippen molar-refractivity contribution in [1.82, 2.24) is 30.6 Å². The molecule has 0 radical (unpaired) electrons. The van der Waals surface area contributed by atoms with E-state index in [-0.39, 0.29) is 17.6 Å². The molecule has 3 heterocycles. The number of benzene rings is 1. The molecule has 33 heavy (non-hydrogen) atoms. The molecule has 1 aromatic carbocycles. The maximum Gasteiger partial charge on any atom is 0.273 e. The molecule has 1 saturated heterocycles. The van der Waals surface area contributed by atoms with Gasteiger partial charge in [0.15, 0.2) is 5.69 Å². The number of carbonyl (C=O) groups excluding carboxylic acids is 1. The molecule has 0 bridgehead atoms. The Morgan fingerprint density at radius 2 is 2.03 bits per heavy atom. The molecule has 0 spiro atoms. The van der Waals surface area contributed by atoms with E-state index >= 15 is 0 Å². The van der Waals surface area contributed by atoms with Gasteiger partial charge in [0.25, 0.3) is 5.91 Å². The maximum absolute atomic E-state index is 12.5. The summed E-state index contributed by atoms with van der Waals surface area (Å²) in [6.07, 6.45) is 7.47.